The van der Waals surface area contributed by atoms with E-state index in [9.17, 15) is 4.79 Å². The molecule has 1 unspecified atom stereocenters. The third-order valence-electron chi connectivity index (χ3n) is 4.34. The molecular formula is C16H23ClN2OS. The predicted octanol–water partition coefficient (Wildman–Crippen LogP) is 2.70. The van der Waals surface area contributed by atoms with Gasteiger partial charge in [0.05, 0.1) is 5.54 Å². The molecule has 1 atom stereocenters. The largest absolute Gasteiger partial charge is 0.347 e. The van der Waals surface area contributed by atoms with Crippen LogP contribution in [0.3, 0.4) is 0 Å². The van der Waals surface area contributed by atoms with Crippen LogP contribution in [-0.4, -0.2) is 30.0 Å². The highest BCUT2D eigenvalue weighted by molar-refractivity contribution is 7.99. The van der Waals surface area contributed by atoms with E-state index in [1.54, 1.807) is 0 Å². The summed E-state index contributed by atoms with van der Waals surface area (Å²) in [5.74, 6) is 2.39. The maximum Gasteiger partial charge on any atom is 0.222 e. The van der Waals surface area contributed by atoms with E-state index in [0.717, 1.165) is 30.9 Å². The molecule has 2 N–H and O–H groups in total. The molecule has 2 aliphatic rings. The van der Waals surface area contributed by atoms with Gasteiger partial charge in [0.2, 0.25) is 5.91 Å². The molecule has 21 heavy (non-hydrogen) atoms. The number of hydrogen-bond acceptors (Lipinski definition) is 3. The van der Waals surface area contributed by atoms with Gasteiger partial charge in [-0.05, 0) is 24.8 Å². The molecule has 1 saturated heterocycles. The van der Waals surface area contributed by atoms with Crippen LogP contribution in [0.5, 0.6) is 0 Å². The van der Waals surface area contributed by atoms with Gasteiger partial charge in [-0.3, -0.25) is 4.79 Å². The lowest BCUT2D eigenvalue weighted by atomic mass is 9.71. The van der Waals surface area contributed by atoms with Crippen LogP contribution >= 0.6 is 24.2 Å². The first-order valence-electron chi connectivity index (χ1n) is 7.46. The van der Waals surface area contributed by atoms with Gasteiger partial charge < -0.3 is 10.6 Å². The molecule has 1 saturated carbocycles. The number of carbonyl (C=O) groups is 1. The van der Waals surface area contributed by atoms with Crippen LogP contribution in [0.15, 0.2) is 30.3 Å². The number of hydrogen-bond donors (Lipinski definition) is 2. The molecule has 116 valence electrons. The van der Waals surface area contributed by atoms with E-state index in [2.05, 4.69) is 34.9 Å². The van der Waals surface area contributed by atoms with Crippen LogP contribution < -0.4 is 10.6 Å². The van der Waals surface area contributed by atoms with Crippen molar-refractivity contribution in [1.29, 1.82) is 0 Å². The highest BCUT2D eigenvalue weighted by Gasteiger charge is 2.40. The Kier molecular flexibility index (Phi) is 5.97. The van der Waals surface area contributed by atoms with E-state index in [4.69, 9.17) is 0 Å². The second-order valence-electron chi connectivity index (χ2n) is 5.78. The van der Waals surface area contributed by atoms with Crippen molar-refractivity contribution < 1.29 is 4.79 Å². The third kappa shape index (κ3) is 3.93. The van der Waals surface area contributed by atoms with Gasteiger partial charge in [0, 0.05) is 30.5 Å². The van der Waals surface area contributed by atoms with E-state index < -0.39 is 0 Å². The molecule has 1 aromatic rings. The van der Waals surface area contributed by atoms with E-state index in [1.807, 2.05) is 17.8 Å². The summed E-state index contributed by atoms with van der Waals surface area (Å²) in [6.45, 7) is 1.02. The second kappa shape index (κ2) is 7.52. The maximum atomic E-state index is 12.3. The topological polar surface area (TPSA) is 41.1 Å². The molecule has 1 heterocycles. The normalized spacial score (nSPS) is 23.5. The van der Waals surface area contributed by atoms with Gasteiger partial charge in [-0.2, -0.15) is 11.8 Å². The van der Waals surface area contributed by atoms with Crippen molar-refractivity contribution in [3.8, 4) is 0 Å². The molecule has 0 spiro atoms. The first-order valence-corrected chi connectivity index (χ1v) is 8.62. The lowest BCUT2D eigenvalue weighted by Crippen LogP contribution is -2.52. The van der Waals surface area contributed by atoms with Gasteiger partial charge in [0.25, 0.3) is 0 Å². The van der Waals surface area contributed by atoms with Gasteiger partial charge in [0.15, 0.2) is 0 Å². The number of nitrogens with one attached hydrogen (secondary N) is 2. The lowest BCUT2D eigenvalue weighted by Gasteiger charge is -2.43. The van der Waals surface area contributed by atoms with Crippen molar-refractivity contribution in [2.75, 3.05) is 18.1 Å². The first-order chi connectivity index (χ1) is 9.78. The Hall–Kier alpha value is -0.710. The molecule has 3 nitrogen and oxygen atoms in total. The highest BCUT2D eigenvalue weighted by atomic mass is 35.5. The summed E-state index contributed by atoms with van der Waals surface area (Å²) in [6, 6.07) is 10.7. The van der Waals surface area contributed by atoms with Crippen LogP contribution in [0.1, 0.15) is 31.2 Å². The summed E-state index contributed by atoms with van der Waals surface area (Å²) < 4.78 is 0. The summed E-state index contributed by atoms with van der Waals surface area (Å²) in [5, 5.41) is 6.74. The molecule has 0 aromatic heterocycles. The number of carbonyl (C=O) groups excluding carboxylic acids is 1. The zero-order valence-electron chi connectivity index (χ0n) is 12.1. The van der Waals surface area contributed by atoms with E-state index in [0.29, 0.717) is 12.5 Å². The van der Waals surface area contributed by atoms with Crippen LogP contribution in [0.2, 0.25) is 0 Å². The number of rotatable bonds is 4. The molecule has 1 amide bonds. The summed E-state index contributed by atoms with van der Waals surface area (Å²) in [7, 11) is 0. The number of benzene rings is 1. The third-order valence-corrected chi connectivity index (χ3v) is 5.47. The minimum atomic E-state index is -0.0971. The van der Waals surface area contributed by atoms with Gasteiger partial charge in [0.1, 0.15) is 0 Å². The Bertz CT molecular complexity index is 459. The van der Waals surface area contributed by atoms with Crippen molar-refractivity contribution in [3.05, 3.63) is 35.9 Å². The number of halogens is 1. The molecular weight excluding hydrogens is 304 g/mol. The Morgan fingerprint density at radius 1 is 1.33 bits per heavy atom. The van der Waals surface area contributed by atoms with Gasteiger partial charge in [-0.1, -0.05) is 30.3 Å². The quantitative estimate of drug-likeness (QED) is 0.894. The van der Waals surface area contributed by atoms with Crippen LogP contribution in [0.4, 0.5) is 0 Å². The summed E-state index contributed by atoms with van der Waals surface area (Å²) in [5.41, 5.74) is 1.16. The molecule has 1 aliphatic heterocycles. The number of amides is 1. The second-order valence-corrected chi connectivity index (χ2v) is 6.93. The zero-order chi connectivity index (χ0) is 13.8. The summed E-state index contributed by atoms with van der Waals surface area (Å²) >= 11 is 1.94. The zero-order valence-corrected chi connectivity index (χ0v) is 13.8. The van der Waals surface area contributed by atoms with Crippen molar-refractivity contribution in [2.45, 2.75) is 37.3 Å². The van der Waals surface area contributed by atoms with Crippen LogP contribution in [0.25, 0.3) is 0 Å². The first kappa shape index (κ1) is 16.7. The van der Waals surface area contributed by atoms with Gasteiger partial charge in [-0.15, -0.1) is 12.4 Å². The molecule has 1 aromatic carbocycles. The molecule has 1 aliphatic carbocycles. The molecule has 0 radical (unpaired) electrons. The number of thioether (sulfide) groups is 1. The van der Waals surface area contributed by atoms with Crippen LogP contribution in [0, 0.1) is 0 Å². The summed E-state index contributed by atoms with van der Waals surface area (Å²) in [6.07, 6.45) is 3.93. The minimum Gasteiger partial charge on any atom is -0.347 e. The van der Waals surface area contributed by atoms with E-state index in [-0.39, 0.29) is 23.9 Å². The fraction of sp³-hybridized carbons (Fsp3) is 0.562. The monoisotopic (exact) mass is 326 g/mol. The maximum absolute atomic E-state index is 12.3. The Labute approximate surface area is 137 Å². The van der Waals surface area contributed by atoms with E-state index in [1.165, 1.54) is 12.0 Å². The average molecular weight is 327 g/mol. The fourth-order valence-electron chi connectivity index (χ4n) is 3.07. The van der Waals surface area contributed by atoms with Crippen molar-refractivity contribution in [1.82, 2.24) is 10.6 Å². The van der Waals surface area contributed by atoms with Crippen LogP contribution in [-0.2, 0) is 10.3 Å². The van der Waals surface area contributed by atoms with Crippen molar-refractivity contribution in [3.63, 3.8) is 0 Å². The standard InChI is InChI=1S/C16H22N2OS.ClH/c19-15(11-14-12-20-10-9-17-14)18-16(7-4-8-16)13-5-2-1-3-6-13;/h1-3,5-6,14,17H,4,7-12H2,(H,18,19);1H. The molecule has 2 fully saturated rings. The van der Waals surface area contributed by atoms with Gasteiger partial charge >= 0.3 is 0 Å². The molecule has 3 rings (SSSR count). The fourth-order valence-corrected chi connectivity index (χ4v) is 4.01. The van der Waals surface area contributed by atoms with Gasteiger partial charge in [-0.25, -0.2) is 0 Å². The molecule has 0 bridgehead atoms. The Morgan fingerprint density at radius 3 is 2.67 bits per heavy atom. The minimum absolute atomic E-state index is 0. The smallest absolute Gasteiger partial charge is 0.222 e. The van der Waals surface area contributed by atoms with Crippen molar-refractivity contribution in [2.24, 2.45) is 0 Å². The Balaban J connectivity index is 0.00000161. The Morgan fingerprint density at radius 2 is 2.10 bits per heavy atom. The van der Waals surface area contributed by atoms with Crippen molar-refractivity contribution >= 4 is 30.1 Å². The summed E-state index contributed by atoms with van der Waals surface area (Å²) in [4.78, 5) is 12.3. The SMILES string of the molecule is Cl.O=C(CC1CSCCN1)NC1(c2ccccc2)CCC1. The lowest BCUT2D eigenvalue weighted by molar-refractivity contribution is -0.124. The molecule has 5 heteroatoms. The van der Waals surface area contributed by atoms with E-state index >= 15 is 0 Å². The highest BCUT2D eigenvalue weighted by Crippen LogP contribution is 2.41. The average Bonchev–Trinajstić information content (AvgIpc) is 2.45. The predicted molar refractivity (Wildman–Crippen MR) is 91.1 cm³/mol.